The fourth-order valence-corrected chi connectivity index (χ4v) is 18.2. The van der Waals surface area contributed by atoms with Gasteiger partial charge in [-0.1, -0.05) is 138 Å². The van der Waals surface area contributed by atoms with Crippen molar-refractivity contribution in [1.29, 1.82) is 0 Å². The molecule has 0 unspecified atom stereocenters. The first-order valence-electron chi connectivity index (χ1n) is 26.0. The van der Waals surface area contributed by atoms with Gasteiger partial charge in [0.05, 0.1) is 0 Å². The first-order valence-corrected chi connectivity index (χ1v) is 33.6. The number of alkyl halides is 18. The summed E-state index contributed by atoms with van der Waals surface area (Å²) in [6.45, 7) is 23.9. The van der Waals surface area contributed by atoms with Crippen molar-refractivity contribution in [2.75, 3.05) is 0 Å². The Morgan fingerprint density at radius 1 is 0.468 bits per heavy atom. The van der Waals surface area contributed by atoms with E-state index >= 15 is 0 Å². The van der Waals surface area contributed by atoms with Crippen molar-refractivity contribution >= 4 is 31.0 Å². The summed E-state index contributed by atoms with van der Waals surface area (Å²) >= 11 is 0. The number of hydrogen-bond donors (Lipinski definition) is 0. The van der Waals surface area contributed by atoms with Crippen LogP contribution in [0, 0.1) is 35.1 Å². The monoisotopic (exact) mass is 1190 g/mol. The van der Waals surface area contributed by atoms with Gasteiger partial charge in [0.25, 0.3) is 0 Å². The van der Waals surface area contributed by atoms with E-state index < -0.39 is 122 Å². The lowest BCUT2D eigenvalue weighted by Gasteiger charge is -2.41. The third kappa shape index (κ3) is 19.8. The topological polar surface area (TPSA) is 35.5 Å². The fraction of sp³-hybridized carbons (Fsp3) is 0.830. The van der Waals surface area contributed by atoms with Crippen LogP contribution in [0.2, 0.25) is 52.4 Å². The molecule has 0 aliphatic rings. The highest BCUT2D eigenvalue weighted by Gasteiger charge is 2.82. The van der Waals surface area contributed by atoms with Crippen LogP contribution in [0.1, 0.15) is 166 Å². The molecule has 3 nitrogen and oxygen atoms in total. The second-order valence-corrected chi connectivity index (χ2v) is 37.5. The van der Waals surface area contributed by atoms with Crippen molar-refractivity contribution in [3.8, 4) is 35.1 Å². The summed E-state index contributed by atoms with van der Waals surface area (Å²) in [5.41, 5.74) is 1.83. The van der Waals surface area contributed by atoms with Crippen LogP contribution in [0.4, 0.5) is 79.0 Å². The highest BCUT2D eigenvalue weighted by molar-refractivity contribution is 6.87. The van der Waals surface area contributed by atoms with Crippen molar-refractivity contribution < 1.29 is 92.7 Å². The normalized spacial score (nSPS) is 15.2. The van der Waals surface area contributed by atoms with Gasteiger partial charge in [-0.05, 0) is 90.3 Å². The summed E-state index contributed by atoms with van der Waals surface area (Å²) in [5, 5.41) is -0.195. The molecule has 0 aliphatic heterocycles. The van der Waals surface area contributed by atoms with E-state index in [9.17, 15) is 83.8 Å². The maximum Gasteiger partial charge on any atom is 0.460 e. The van der Waals surface area contributed by atoms with E-state index in [4.69, 9.17) is 8.85 Å². The van der Waals surface area contributed by atoms with Gasteiger partial charge >= 0.3 is 47.9 Å². The van der Waals surface area contributed by atoms with E-state index in [1.165, 1.54) is 0 Å². The summed E-state index contributed by atoms with van der Waals surface area (Å²) in [6.07, 6.45) is -12.0. The highest BCUT2D eigenvalue weighted by atomic mass is 28.4. The van der Waals surface area contributed by atoms with Crippen LogP contribution in [0.5, 0.6) is 0 Å². The Hall–Kier alpha value is -2.60. The zero-order valence-electron chi connectivity index (χ0n) is 46.5. The zero-order chi connectivity index (χ0) is 60.6. The van der Waals surface area contributed by atoms with E-state index in [-0.39, 0.29) is 28.2 Å². The van der Waals surface area contributed by atoms with Crippen molar-refractivity contribution in [3.63, 3.8) is 0 Å². The molecular weight excluding hydrogens is 1110 g/mol. The number of carbonyl (C=O) groups is 1. The van der Waals surface area contributed by atoms with Gasteiger partial charge < -0.3 is 13.6 Å². The van der Waals surface area contributed by atoms with Crippen LogP contribution in [0.3, 0.4) is 0 Å². The molecule has 448 valence electrons. The number of unbranched alkanes of at least 4 members (excludes halogenated alkanes) is 8. The molecule has 24 heteroatoms. The Balaban J connectivity index is 6.40. The Morgan fingerprint density at radius 2 is 0.831 bits per heavy atom. The molecule has 0 aliphatic carbocycles. The van der Waals surface area contributed by atoms with E-state index in [0.717, 1.165) is 6.29 Å². The van der Waals surface area contributed by atoms with Gasteiger partial charge in [-0.25, -0.2) is 0 Å². The molecular formula is C53H80F18O3Si3. The summed E-state index contributed by atoms with van der Waals surface area (Å²) in [5.74, 6) is -23.9. The maximum atomic E-state index is 14.7. The highest BCUT2D eigenvalue weighted by Crippen LogP contribution is 2.56. The molecule has 0 amide bonds. The molecule has 0 aromatic heterocycles. The first-order chi connectivity index (χ1) is 34.7. The Bertz CT molecular complexity index is 2010. The Kier molecular flexibility index (Phi) is 28.4. The maximum absolute atomic E-state index is 14.7. The summed E-state index contributed by atoms with van der Waals surface area (Å²) in [4.78, 5) is 10.7. The van der Waals surface area contributed by atoms with Crippen LogP contribution < -0.4 is 0 Å². The minimum Gasteiger partial charge on any atom is -0.399 e. The quantitative estimate of drug-likeness (QED) is 0.0173. The van der Waals surface area contributed by atoms with Crippen LogP contribution in [-0.2, 0) is 13.6 Å². The molecule has 77 heavy (non-hydrogen) atoms. The molecule has 0 bridgehead atoms. The number of aldehydes is 1. The van der Waals surface area contributed by atoms with Crippen molar-refractivity contribution in [2.24, 2.45) is 0 Å². The Labute approximate surface area is 448 Å². The molecule has 0 rings (SSSR count). The van der Waals surface area contributed by atoms with E-state index in [0.29, 0.717) is 64.2 Å². The molecule has 2 atom stereocenters. The predicted octanol–water partition coefficient (Wildman–Crippen LogP) is 19.5. The van der Waals surface area contributed by atoms with E-state index in [1.54, 1.807) is 61.5 Å². The minimum absolute atomic E-state index is 0.195. The average Bonchev–Trinajstić information content (AvgIpc) is 3.26. The van der Waals surface area contributed by atoms with Crippen molar-refractivity contribution in [3.05, 3.63) is 12.2 Å². The largest absolute Gasteiger partial charge is 0.460 e. The van der Waals surface area contributed by atoms with Gasteiger partial charge in [0.1, 0.15) is 20.5 Å². The molecule has 0 aromatic rings. The summed E-state index contributed by atoms with van der Waals surface area (Å²) in [6, 6.07) is -0.587. The van der Waals surface area contributed by atoms with Gasteiger partial charge in [-0.3, -0.25) is 0 Å². The number of rotatable bonds is 31. The summed E-state index contributed by atoms with van der Waals surface area (Å²) in [7, 11) is -9.01. The van der Waals surface area contributed by atoms with Crippen LogP contribution in [-0.4, -0.2) is 91.1 Å². The summed E-state index contributed by atoms with van der Waals surface area (Å²) < 4.78 is 260. The molecule has 0 fully saturated rings. The smallest absolute Gasteiger partial charge is 0.399 e. The molecule has 0 radical (unpaired) electrons. The van der Waals surface area contributed by atoms with E-state index in [2.05, 4.69) is 35.1 Å². The lowest BCUT2D eigenvalue weighted by molar-refractivity contribution is -0.396. The second-order valence-electron chi connectivity index (χ2n) is 22.6. The molecule has 0 N–H and O–H groups in total. The van der Waals surface area contributed by atoms with Gasteiger partial charge in [0.2, 0.25) is 8.32 Å². The molecule has 0 heterocycles. The number of carbonyl (C=O) groups excluding carboxylic acids is 1. The molecule has 0 spiro atoms. The minimum atomic E-state index is -7.00. The van der Waals surface area contributed by atoms with Crippen LogP contribution in [0.15, 0.2) is 12.2 Å². The standard InChI is InChI=1S/C53H80F18O3Si3/c1-39(2)76(40(3)4,36-27-33-46(54,55)48(58,59)50(62,63)52(66,67)68)73-43(30-24-21-18-22-26-35-72)29-23-19-16-14-15-17-20-25-31-44(32-38-75(12,13)45(9,10)11)74-77(41(5)6,42(7)8)37-28-34-47(56,57)49(60,61)51(64,65)53(69,70)71/h25,31,35,39-44H,14-22,26-28,33-34,36-37H2,1-13H3/b31-25+/t43-,44-/m1/s1. The van der Waals surface area contributed by atoms with Crippen molar-refractivity contribution in [2.45, 2.75) is 279 Å². The number of hydrogen-bond acceptors (Lipinski definition) is 3. The SMILES string of the molecule is CC(C)[Si](CCCC(F)(F)C(F)(F)C(F)(F)C(F)(F)F)(O[C@@H](C#CCCCCC=O)C#CCCCCCC/C=C/[C@H](C#C[Si](C)(C)C(C)(C)C)O[Si](CCCC(F)(F)C(F)(F)C(F)(F)C(F)(F)F)(C(C)C)C(C)C)C(C)C. The van der Waals surface area contributed by atoms with Crippen molar-refractivity contribution in [1.82, 2.24) is 0 Å². The molecule has 0 aromatic carbocycles. The van der Waals surface area contributed by atoms with E-state index in [1.807, 2.05) is 39.9 Å². The molecule has 0 saturated heterocycles. The van der Waals surface area contributed by atoms with Gasteiger partial charge in [0, 0.05) is 32.1 Å². The lowest BCUT2D eigenvalue weighted by Crippen LogP contribution is -2.60. The van der Waals surface area contributed by atoms with Gasteiger partial charge in [-0.15, -0.1) is 5.54 Å². The predicted molar refractivity (Wildman–Crippen MR) is 273 cm³/mol. The molecule has 0 saturated carbocycles. The zero-order valence-corrected chi connectivity index (χ0v) is 49.5. The number of allylic oxidation sites excluding steroid dienone is 1. The van der Waals surface area contributed by atoms with Gasteiger partial charge in [-0.2, -0.15) is 79.0 Å². The van der Waals surface area contributed by atoms with Crippen LogP contribution in [0.25, 0.3) is 0 Å². The first kappa shape index (κ1) is 74.4. The average molecular weight is 1190 g/mol. The second kappa shape index (κ2) is 29.4. The third-order valence-corrected chi connectivity index (χ3v) is 30.6. The Morgan fingerprint density at radius 3 is 1.19 bits per heavy atom. The third-order valence-electron chi connectivity index (χ3n) is 14.6. The number of halogens is 18. The van der Waals surface area contributed by atoms with Crippen LogP contribution >= 0.6 is 0 Å². The lowest BCUT2D eigenvalue weighted by atomic mass is 10.00. The van der Waals surface area contributed by atoms with Gasteiger partial charge in [0.15, 0.2) is 14.4 Å². The fourth-order valence-electron chi connectivity index (χ4n) is 8.38.